The van der Waals surface area contributed by atoms with Crippen LogP contribution in [0.4, 0.5) is 5.69 Å². The molecule has 1 unspecified atom stereocenters. The fourth-order valence-corrected chi connectivity index (χ4v) is 3.40. The molecule has 0 aliphatic heterocycles. The Morgan fingerprint density at radius 1 is 1.42 bits per heavy atom. The second-order valence-corrected chi connectivity index (χ2v) is 6.93. The van der Waals surface area contributed by atoms with Gasteiger partial charge in [0.1, 0.15) is 5.54 Å². The Balaban J connectivity index is 1.85. The van der Waals surface area contributed by atoms with E-state index in [1.165, 1.54) is 11.5 Å². The standard InChI is InChI=1S/C20H19N3O2S/c1-3-25-19(24)18-17(14(2)26-23-18)22-20(13-21)11-9-16(10-12-20)15-7-5-4-6-8-15/h4-11,22H,3,12H2,1-2H3. The number of allylic oxidation sites excluding steroid dienone is 2. The Bertz CT molecular complexity index is 909. The van der Waals surface area contributed by atoms with Crippen molar-refractivity contribution < 1.29 is 9.53 Å². The van der Waals surface area contributed by atoms with E-state index in [2.05, 4.69) is 15.8 Å². The average molecular weight is 365 g/mol. The van der Waals surface area contributed by atoms with Crippen molar-refractivity contribution in [2.75, 3.05) is 11.9 Å². The third-order valence-corrected chi connectivity index (χ3v) is 4.93. The fraction of sp³-hybridized carbons (Fsp3) is 0.250. The molecule has 1 N–H and O–H groups in total. The zero-order valence-corrected chi connectivity index (χ0v) is 15.5. The van der Waals surface area contributed by atoms with Crippen LogP contribution in [0.3, 0.4) is 0 Å². The van der Waals surface area contributed by atoms with Gasteiger partial charge in [0.05, 0.1) is 18.4 Å². The highest BCUT2D eigenvalue weighted by atomic mass is 32.1. The van der Waals surface area contributed by atoms with Crippen molar-refractivity contribution in [2.24, 2.45) is 0 Å². The van der Waals surface area contributed by atoms with Gasteiger partial charge in [0, 0.05) is 11.3 Å². The zero-order valence-electron chi connectivity index (χ0n) is 14.7. The summed E-state index contributed by atoms with van der Waals surface area (Å²) in [5.41, 5.74) is 2.05. The Labute approximate surface area is 156 Å². The van der Waals surface area contributed by atoms with Crippen LogP contribution >= 0.6 is 11.5 Å². The van der Waals surface area contributed by atoms with Crippen LogP contribution in [-0.4, -0.2) is 22.5 Å². The molecule has 1 aliphatic rings. The molecule has 1 heterocycles. The normalized spacial score (nSPS) is 18.7. The Kier molecular flexibility index (Phi) is 5.19. The molecule has 132 valence electrons. The molecular formula is C20H19N3O2S. The molecule has 5 nitrogen and oxygen atoms in total. The van der Waals surface area contributed by atoms with Crippen molar-refractivity contribution in [3.63, 3.8) is 0 Å². The molecule has 1 atom stereocenters. The predicted molar refractivity (Wildman–Crippen MR) is 103 cm³/mol. The summed E-state index contributed by atoms with van der Waals surface area (Å²) in [6.45, 7) is 3.90. The molecule has 1 aromatic heterocycles. The van der Waals surface area contributed by atoms with Crippen molar-refractivity contribution in [1.29, 1.82) is 5.26 Å². The molecule has 0 radical (unpaired) electrons. The summed E-state index contributed by atoms with van der Waals surface area (Å²) in [7, 11) is 0. The van der Waals surface area contributed by atoms with E-state index in [1.54, 1.807) is 6.92 Å². The van der Waals surface area contributed by atoms with E-state index >= 15 is 0 Å². The van der Waals surface area contributed by atoms with Gasteiger partial charge in [0.25, 0.3) is 0 Å². The van der Waals surface area contributed by atoms with Gasteiger partial charge in [-0.1, -0.05) is 42.5 Å². The van der Waals surface area contributed by atoms with Gasteiger partial charge in [0.2, 0.25) is 0 Å². The summed E-state index contributed by atoms with van der Waals surface area (Å²) < 4.78 is 9.25. The molecule has 3 rings (SSSR count). The number of anilines is 1. The number of aryl methyl sites for hydroxylation is 1. The first-order chi connectivity index (χ1) is 12.6. The Morgan fingerprint density at radius 2 is 2.19 bits per heavy atom. The molecule has 0 spiro atoms. The van der Waals surface area contributed by atoms with E-state index in [4.69, 9.17) is 4.74 Å². The second kappa shape index (κ2) is 7.54. The smallest absolute Gasteiger partial charge is 0.360 e. The number of benzene rings is 1. The van der Waals surface area contributed by atoms with Crippen LogP contribution in [0.2, 0.25) is 0 Å². The van der Waals surface area contributed by atoms with Crippen LogP contribution in [0.25, 0.3) is 5.57 Å². The Hall–Kier alpha value is -2.91. The van der Waals surface area contributed by atoms with Gasteiger partial charge in [-0.3, -0.25) is 0 Å². The lowest BCUT2D eigenvalue weighted by Crippen LogP contribution is -2.35. The zero-order chi connectivity index (χ0) is 18.6. The van der Waals surface area contributed by atoms with Gasteiger partial charge in [-0.15, -0.1) is 0 Å². The van der Waals surface area contributed by atoms with Crippen molar-refractivity contribution in [3.8, 4) is 6.07 Å². The molecule has 0 amide bonds. The number of carbonyl (C=O) groups excluding carboxylic acids is 1. The molecule has 1 aromatic carbocycles. The van der Waals surface area contributed by atoms with E-state index in [-0.39, 0.29) is 12.3 Å². The molecule has 2 aromatic rings. The third-order valence-electron chi connectivity index (χ3n) is 4.18. The predicted octanol–water partition coefficient (Wildman–Crippen LogP) is 4.35. The van der Waals surface area contributed by atoms with Gasteiger partial charge in [0.15, 0.2) is 5.69 Å². The molecule has 26 heavy (non-hydrogen) atoms. The summed E-state index contributed by atoms with van der Waals surface area (Å²) in [4.78, 5) is 13.0. The van der Waals surface area contributed by atoms with Gasteiger partial charge in [-0.25, -0.2) is 4.79 Å². The van der Waals surface area contributed by atoms with Gasteiger partial charge < -0.3 is 10.1 Å². The van der Waals surface area contributed by atoms with Crippen LogP contribution in [-0.2, 0) is 4.74 Å². The quantitative estimate of drug-likeness (QED) is 0.798. The van der Waals surface area contributed by atoms with Crippen LogP contribution in [0, 0.1) is 18.3 Å². The second-order valence-electron chi connectivity index (χ2n) is 5.95. The summed E-state index contributed by atoms with van der Waals surface area (Å²) in [6, 6.07) is 12.4. The molecule has 0 fully saturated rings. The number of rotatable bonds is 5. The summed E-state index contributed by atoms with van der Waals surface area (Å²) in [5, 5.41) is 13.0. The fourth-order valence-electron chi connectivity index (χ4n) is 2.77. The number of ether oxygens (including phenoxy) is 1. The minimum absolute atomic E-state index is 0.232. The number of carbonyl (C=O) groups is 1. The minimum atomic E-state index is -0.924. The monoisotopic (exact) mass is 365 g/mol. The number of hydrogen-bond acceptors (Lipinski definition) is 6. The van der Waals surface area contributed by atoms with Crippen molar-refractivity contribution in [1.82, 2.24) is 4.37 Å². The first-order valence-corrected chi connectivity index (χ1v) is 9.13. The van der Waals surface area contributed by atoms with E-state index in [0.29, 0.717) is 12.1 Å². The Morgan fingerprint density at radius 3 is 2.81 bits per heavy atom. The largest absolute Gasteiger partial charge is 0.461 e. The number of esters is 1. The van der Waals surface area contributed by atoms with Crippen LogP contribution in [0.15, 0.2) is 48.6 Å². The van der Waals surface area contributed by atoms with Crippen LogP contribution in [0.5, 0.6) is 0 Å². The maximum Gasteiger partial charge on any atom is 0.360 e. The van der Waals surface area contributed by atoms with E-state index in [1.807, 2.05) is 55.5 Å². The lowest BCUT2D eigenvalue weighted by molar-refractivity contribution is 0.0522. The summed E-state index contributed by atoms with van der Waals surface area (Å²) >= 11 is 1.22. The minimum Gasteiger partial charge on any atom is -0.461 e. The van der Waals surface area contributed by atoms with Crippen molar-refractivity contribution in [2.45, 2.75) is 25.8 Å². The number of aromatic nitrogens is 1. The van der Waals surface area contributed by atoms with Crippen molar-refractivity contribution in [3.05, 3.63) is 64.7 Å². The maximum absolute atomic E-state index is 12.1. The molecule has 1 aliphatic carbocycles. The lowest BCUT2D eigenvalue weighted by Gasteiger charge is -2.27. The molecular weight excluding hydrogens is 346 g/mol. The highest BCUT2D eigenvalue weighted by Gasteiger charge is 2.32. The molecule has 0 saturated carbocycles. The highest BCUT2D eigenvalue weighted by Crippen LogP contribution is 2.33. The van der Waals surface area contributed by atoms with E-state index < -0.39 is 11.5 Å². The first kappa shape index (κ1) is 17.9. The van der Waals surface area contributed by atoms with Crippen molar-refractivity contribution >= 4 is 28.8 Å². The van der Waals surface area contributed by atoms with E-state index in [9.17, 15) is 10.1 Å². The molecule has 0 saturated heterocycles. The van der Waals surface area contributed by atoms with Crippen LogP contribution < -0.4 is 5.32 Å². The van der Waals surface area contributed by atoms with Crippen LogP contribution in [0.1, 0.15) is 34.3 Å². The summed E-state index contributed by atoms with van der Waals surface area (Å²) in [6.07, 6.45) is 6.31. The molecule has 0 bridgehead atoms. The van der Waals surface area contributed by atoms with Gasteiger partial charge in [-0.2, -0.15) is 9.64 Å². The summed E-state index contributed by atoms with van der Waals surface area (Å²) in [5.74, 6) is -0.479. The van der Waals surface area contributed by atoms with Gasteiger partial charge in [-0.05, 0) is 42.6 Å². The van der Waals surface area contributed by atoms with Gasteiger partial charge >= 0.3 is 5.97 Å². The lowest BCUT2D eigenvalue weighted by atomic mass is 9.87. The van der Waals surface area contributed by atoms with E-state index in [0.717, 1.165) is 16.0 Å². The topological polar surface area (TPSA) is 75.0 Å². The highest BCUT2D eigenvalue weighted by molar-refractivity contribution is 7.06. The number of nitrogens with one attached hydrogen (secondary N) is 1. The maximum atomic E-state index is 12.1. The SMILES string of the molecule is CCOC(=O)c1nsc(C)c1NC1(C#N)C=CC(c2ccccc2)=CC1. The number of hydrogen-bond donors (Lipinski definition) is 1. The number of nitrogens with zero attached hydrogens (tertiary/aromatic N) is 2. The number of nitriles is 1. The molecule has 6 heteroatoms. The average Bonchev–Trinajstić information content (AvgIpc) is 3.03. The third kappa shape index (κ3) is 3.53. The first-order valence-electron chi connectivity index (χ1n) is 8.36.